The molecule has 0 fully saturated rings. The summed E-state index contributed by atoms with van der Waals surface area (Å²) in [4.78, 5) is 8.65. The van der Waals surface area contributed by atoms with E-state index in [1.807, 2.05) is 6.92 Å². The highest BCUT2D eigenvalue weighted by molar-refractivity contribution is 14.1. The summed E-state index contributed by atoms with van der Waals surface area (Å²) in [5.74, 6) is 0.801. The van der Waals surface area contributed by atoms with Crippen LogP contribution in [-0.4, -0.2) is 9.97 Å². The van der Waals surface area contributed by atoms with Crippen LogP contribution < -0.4 is 0 Å². The van der Waals surface area contributed by atoms with E-state index in [0.717, 1.165) is 15.1 Å². The van der Waals surface area contributed by atoms with Crippen molar-refractivity contribution in [1.82, 2.24) is 9.97 Å². The maximum absolute atomic E-state index is 5.97. The Bertz CT molecular complexity index is 308. The lowest BCUT2D eigenvalue weighted by Crippen LogP contribution is -2.17. The van der Waals surface area contributed by atoms with Crippen LogP contribution in [0.15, 0.2) is 0 Å². The van der Waals surface area contributed by atoms with Crippen LogP contribution in [0.4, 0.5) is 0 Å². The minimum atomic E-state index is -0.0429. The van der Waals surface area contributed by atoms with Gasteiger partial charge >= 0.3 is 0 Å². The number of halogens is 2. The summed E-state index contributed by atoms with van der Waals surface area (Å²) < 4.78 is 0.937. The Balaban J connectivity index is 3.29. The van der Waals surface area contributed by atoms with Gasteiger partial charge in [0.1, 0.15) is 11.0 Å². The van der Waals surface area contributed by atoms with Crippen molar-refractivity contribution in [3.63, 3.8) is 0 Å². The summed E-state index contributed by atoms with van der Waals surface area (Å²) in [5, 5.41) is 0.554. The molecule has 4 heteroatoms. The quantitative estimate of drug-likeness (QED) is 0.542. The summed E-state index contributed by atoms with van der Waals surface area (Å²) in [6.07, 6.45) is 0. The highest BCUT2D eigenvalue weighted by atomic mass is 127. The van der Waals surface area contributed by atoms with Gasteiger partial charge in [-0.2, -0.15) is 0 Å². The lowest BCUT2D eigenvalue weighted by molar-refractivity contribution is 0.542. The molecular weight excluding hydrogens is 298 g/mol. The summed E-state index contributed by atoms with van der Waals surface area (Å²) in [6, 6.07) is 0. The molecule has 1 heterocycles. The molecule has 0 saturated carbocycles. The zero-order valence-corrected chi connectivity index (χ0v) is 11.1. The predicted molar refractivity (Wildman–Crippen MR) is 63.2 cm³/mol. The molecule has 0 aliphatic heterocycles. The Morgan fingerprint density at radius 3 is 2.15 bits per heavy atom. The largest absolute Gasteiger partial charge is 0.236 e. The van der Waals surface area contributed by atoms with Crippen LogP contribution in [-0.2, 0) is 5.41 Å². The van der Waals surface area contributed by atoms with E-state index in [4.69, 9.17) is 11.6 Å². The molecule has 1 rings (SSSR count). The molecule has 72 valence electrons. The Morgan fingerprint density at radius 1 is 1.23 bits per heavy atom. The van der Waals surface area contributed by atoms with E-state index in [2.05, 4.69) is 53.3 Å². The topological polar surface area (TPSA) is 25.8 Å². The first kappa shape index (κ1) is 11.2. The van der Waals surface area contributed by atoms with Gasteiger partial charge in [-0.15, -0.1) is 0 Å². The fourth-order valence-corrected chi connectivity index (χ4v) is 1.32. The molecule has 0 radical (unpaired) electrons. The van der Waals surface area contributed by atoms with Crippen molar-refractivity contribution in [2.45, 2.75) is 33.1 Å². The molecule has 1 aromatic heterocycles. The fraction of sp³-hybridized carbons (Fsp3) is 0.556. The van der Waals surface area contributed by atoms with Crippen molar-refractivity contribution in [2.24, 2.45) is 0 Å². The third-order valence-electron chi connectivity index (χ3n) is 1.65. The van der Waals surface area contributed by atoms with E-state index in [1.165, 1.54) is 0 Å². The molecule has 0 bridgehead atoms. The van der Waals surface area contributed by atoms with Crippen molar-refractivity contribution in [3.05, 3.63) is 20.2 Å². The molecule has 0 atom stereocenters. The van der Waals surface area contributed by atoms with Gasteiger partial charge in [0.25, 0.3) is 0 Å². The molecule has 13 heavy (non-hydrogen) atoms. The zero-order chi connectivity index (χ0) is 10.2. The molecule has 0 unspecified atom stereocenters. The lowest BCUT2D eigenvalue weighted by Gasteiger charge is -2.17. The molecule has 0 saturated heterocycles. The second-order valence-corrected chi connectivity index (χ2v) is 5.42. The molecule has 1 aromatic rings. The highest BCUT2D eigenvalue weighted by Crippen LogP contribution is 2.24. The lowest BCUT2D eigenvalue weighted by atomic mass is 9.96. The maximum atomic E-state index is 5.97. The van der Waals surface area contributed by atoms with Crippen molar-refractivity contribution in [1.29, 1.82) is 0 Å². The maximum Gasteiger partial charge on any atom is 0.146 e. The number of rotatable bonds is 0. The molecule has 0 amide bonds. The molecule has 2 nitrogen and oxygen atoms in total. The molecule has 0 aliphatic carbocycles. The van der Waals surface area contributed by atoms with Crippen LogP contribution in [0.3, 0.4) is 0 Å². The monoisotopic (exact) mass is 310 g/mol. The number of nitrogens with zero attached hydrogens (tertiary/aromatic N) is 2. The second-order valence-electron chi connectivity index (χ2n) is 3.99. The van der Waals surface area contributed by atoms with Gasteiger partial charge in [0.05, 0.1) is 9.26 Å². The Kier molecular flexibility index (Phi) is 3.17. The fourth-order valence-electron chi connectivity index (χ4n) is 0.860. The SMILES string of the molecule is Cc1nc(C(C)(C)C)nc(Cl)c1I. The summed E-state index contributed by atoms with van der Waals surface area (Å²) in [6.45, 7) is 8.17. The van der Waals surface area contributed by atoms with Crippen LogP contribution >= 0.6 is 34.2 Å². The van der Waals surface area contributed by atoms with Gasteiger partial charge < -0.3 is 0 Å². The van der Waals surface area contributed by atoms with E-state index in [9.17, 15) is 0 Å². The molecule has 0 spiro atoms. The number of aromatic nitrogens is 2. The summed E-state index contributed by atoms with van der Waals surface area (Å²) in [5.41, 5.74) is 0.907. The van der Waals surface area contributed by atoms with E-state index in [1.54, 1.807) is 0 Å². The number of aryl methyl sites for hydroxylation is 1. The Labute approximate surface area is 97.3 Å². The van der Waals surface area contributed by atoms with Gasteiger partial charge in [0, 0.05) is 5.41 Å². The van der Waals surface area contributed by atoms with E-state index in [0.29, 0.717) is 5.15 Å². The number of hydrogen-bond acceptors (Lipinski definition) is 2. The van der Waals surface area contributed by atoms with Crippen LogP contribution in [0.2, 0.25) is 5.15 Å². The third-order valence-corrected chi connectivity index (χ3v) is 3.53. The van der Waals surface area contributed by atoms with Crippen molar-refractivity contribution >= 4 is 34.2 Å². The minimum Gasteiger partial charge on any atom is -0.236 e. The molecular formula is C9H12ClIN2. The van der Waals surface area contributed by atoms with Crippen LogP contribution in [0.1, 0.15) is 32.3 Å². The van der Waals surface area contributed by atoms with Gasteiger partial charge in [-0.05, 0) is 29.5 Å². The molecule has 0 aromatic carbocycles. The standard InChI is InChI=1S/C9H12ClIN2/c1-5-6(11)7(10)13-8(12-5)9(2,3)4/h1-4H3. The van der Waals surface area contributed by atoms with E-state index in [-0.39, 0.29) is 5.41 Å². The van der Waals surface area contributed by atoms with Gasteiger partial charge in [-0.1, -0.05) is 32.4 Å². The Hall–Kier alpha value is 0.100. The first-order valence-corrected chi connectivity index (χ1v) is 5.48. The average Bonchev–Trinajstić information content (AvgIpc) is 1.97. The highest BCUT2D eigenvalue weighted by Gasteiger charge is 2.19. The smallest absolute Gasteiger partial charge is 0.146 e. The Morgan fingerprint density at radius 2 is 1.77 bits per heavy atom. The first-order valence-electron chi connectivity index (χ1n) is 4.02. The van der Waals surface area contributed by atoms with Gasteiger partial charge in [-0.25, -0.2) is 9.97 Å². The summed E-state index contributed by atoms with van der Waals surface area (Å²) >= 11 is 8.12. The van der Waals surface area contributed by atoms with Crippen LogP contribution in [0.25, 0.3) is 0 Å². The number of hydrogen-bond donors (Lipinski definition) is 0. The summed E-state index contributed by atoms with van der Waals surface area (Å²) in [7, 11) is 0. The minimum absolute atomic E-state index is 0.0429. The zero-order valence-electron chi connectivity index (χ0n) is 8.15. The second kappa shape index (κ2) is 3.69. The van der Waals surface area contributed by atoms with Crippen molar-refractivity contribution < 1.29 is 0 Å². The first-order chi connectivity index (χ1) is 5.82. The van der Waals surface area contributed by atoms with Gasteiger partial charge in [0.2, 0.25) is 0 Å². The van der Waals surface area contributed by atoms with E-state index >= 15 is 0 Å². The van der Waals surface area contributed by atoms with Gasteiger partial charge in [-0.3, -0.25) is 0 Å². The molecule has 0 aliphatic rings. The average molecular weight is 311 g/mol. The van der Waals surface area contributed by atoms with Crippen LogP contribution in [0.5, 0.6) is 0 Å². The van der Waals surface area contributed by atoms with E-state index < -0.39 is 0 Å². The normalized spacial score (nSPS) is 11.8. The van der Waals surface area contributed by atoms with Gasteiger partial charge in [0.15, 0.2) is 0 Å². The third kappa shape index (κ3) is 2.53. The van der Waals surface area contributed by atoms with Crippen molar-refractivity contribution in [3.8, 4) is 0 Å². The van der Waals surface area contributed by atoms with Crippen molar-refractivity contribution in [2.75, 3.05) is 0 Å². The predicted octanol–water partition coefficient (Wildman–Crippen LogP) is 3.34. The molecule has 0 N–H and O–H groups in total. The van der Waals surface area contributed by atoms with Crippen LogP contribution in [0, 0.1) is 10.5 Å².